The maximum atomic E-state index is 13.5. The molecule has 180 valence electrons. The van der Waals surface area contributed by atoms with Crippen molar-refractivity contribution in [1.29, 1.82) is 0 Å². The molecule has 0 spiro atoms. The number of aryl methyl sites for hydroxylation is 1. The van der Waals surface area contributed by atoms with Crippen molar-refractivity contribution in [2.75, 3.05) is 5.32 Å². The first-order valence-corrected chi connectivity index (χ1v) is 12.1. The van der Waals surface area contributed by atoms with Gasteiger partial charge in [0.05, 0.1) is 23.0 Å². The molecule has 0 radical (unpaired) electrons. The van der Waals surface area contributed by atoms with Crippen molar-refractivity contribution in [1.82, 2.24) is 25.4 Å². The molecule has 1 atom stereocenters. The third-order valence-corrected chi connectivity index (χ3v) is 6.35. The molecule has 0 aliphatic carbocycles. The largest absolute Gasteiger partial charge is 0.327 e. The quantitative estimate of drug-likeness (QED) is 0.319. The molecule has 3 amide bonds. The molecule has 0 saturated heterocycles. The van der Waals surface area contributed by atoms with E-state index in [2.05, 4.69) is 36.9 Å². The van der Waals surface area contributed by atoms with E-state index < -0.39 is 12.1 Å². The topological polar surface area (TPSA) is 101 Å². The minimum atomic E-state index is -0.733. The molecule has 3 N–H and O–H groups in total. The number of nitrogens with one attached hydrogen (secondary N) is 3. The third-order valence-electron chi connectivity index (χ3n) is 5.88. The lowest BCUT2D eigenvalue weighted by atomic mass is 9.93. The number of allylic oxidation sites excluding steroid dienone is 1. The van der Waals surface area contributed by atoms with Crippen LogP contribution in [0.5, 0.6) is 0 Å². The minimum Gasteiger partial charge on any atom is -0.327 e. The van der Waals surface area contributed by atoms with Crippen LogP contribution in [0.4, 0.5) is 10.6 Å². The molecule has 0 fully saturated rings. The molecule has 5 rings (SSSR count). The van der Waals surface area contributed by atoms with E-state index in [1.807, 2.05) is 67.7 Å². The van der Waals surface area contributed by atoms with E-state index in [4.69, 9.17) is 5.10 Å². The number of para-hydroxylation sites is 1. The Hall–Kier alpha value is -4.24. The number of rotatable bonds is 5. The van der Waals surface area contributed by atoms with Gasteiger partial charge in [0.1, 0.15) is 5.82 Å². The lowest BCUT2D eigenvalue weighted by Gasteiger charge is -2.28. The molecule has 8 nitrogen and oxygen atoms in total. The SMILES string of the molecule is CC1=C(C(=O)Nc2ccc(Br)cn2)C(c2cn(-c3ccccc3)nc2-c2ccc(C)cc2)NC(=O)N1. The van der Waals surface area contributed by atoms with E-state index in [-0.39, 0.29) is 5.91 Å². The van der Waals surface area contributed by atoms with Crippen LogP contribution in [0, 0.1) is 6.92 Å². The average Bonchev–Trinajstić information content (AvgIpc) is 3.31. The van der Waals surface area contributed by atoms with E-state index in [1.54, 1.807) is 29.9 Å². The molecule has 1 aliphatic heterocycles. The van der Waals surface area contributed by atoms with Crippen LogP contribution in [-0.2, 0) is 4.79 Å². The Balaban J connectivity index is 1.61. The summed E-state index contributed by atoms with van der Waals surface area (Å²) in [5, 5.41) is 13.4. The van der Waals surface area contributed by atoms with Crippen molar-refractivity contribution >= 4 is 33.7 Å². The lowest BCUT2D eigenvalue weighted by molar-refractivity contribution is -0.113. The summed E-state index contributed by atoms with van der Waals surface area (Å²) in [6.45, 7) is 3.73. The number of nitrogens with zero attached hydrogens (tertiary/aromatic N) is 3. The third kappa shape index (κ3) is 4.78. The van der Waals surface area contributed by atoms with Gasteiger partial charge in [0.25, 0.3) is 5.91 Å². The van der Waals surface area contributed by atoms with E-state index in [1.165, 1.54) is 0 Å². The number of hydrogen-bond acceptors (Lipinski definition) is 4. The zero-order valence-corrected chi connectivity index (χ0v) is 21.2. The Morgan fingerprint density at radius 2 is 1.78 bits per heavy atom. The fraction of sp³-hybridized carbons (Fsp3) is 0.111. The summed E-state index contributed by atoms with van der Waals surface area (Å²) in [6.07, 6.45) is 3.47. The predicted molar refractivity (Wildman–Crippen MR) is 141 cm³/mol. The summed E-state index contributed by atoms with van der Waals surface area (Å²) >= 11 is 3.35. The van der Waals surface area contributed by atoms with Gasteiger partial charge in [0.2, 0.25) is 0 Å². The zero-order valence-electron chi connectivity index (χ0n) is 19.6. The Bertz CT molecular complexity index is 1460. The van der Waals surface area contributed by atoms with Crippen LogP contribution in [0.25, 0.3) is 16.9 Å². The number of pyridine rings is 1. The Labute approximate surface area is 216 Å². The van der Waals surface area contributed by atoms with E-state index in [0.717, 1.165) is 21.3 Å². The fourth-order valence-corrected chi connectivity index (χ4v) is 4.34. The first kappa shape index (κ1) is 23.5. The van der Waals surface area contributed by atoms with Crippen LogP contribution >= 0.6 is 15.9 Å². The van der Waals surface area contributed by atoms with Crippen LogP contribution in [0.15, 0.2) is 94.9 Å². The van der Waals surface area contributed by atoms with Gasteiger partial charge in [-0.2, -0.15) is 5.10 Å². The highest BCUT2D eigenvalue weighted by molar-refractivity contribution is 9.10. The molecule has 2 aromatic carbocycles. The van der Waals surface area contributed by atoms with Gasteiger partial charge in [-0.25, -0.2) is 14.5 Å². The molecule has 4 aromatic rings. The van der Waals surface area contributed by atoms with Gasteiger partial charge >= 0.3 is 6.03 Å². The molecule has 1 aliphatic rings. The van der Waals surface area contributed by atoms with Crippen molar-refractivity contribution in [2.24, 2.45) is 0 Å². The first-order valence-electron chi connectivity index (χ1n) is 11.3. The number of anilines is 1. The summed E-state index contributed by atoms with van der Waals surface area (Å²) in [7, 11) is 0. The smallest absolute Gasteiger partial charge is 0.319 e. The first-order chi connectivity index (χ1) is 17.4. The number of halogens is 1. The van der Waals surface area contributed by atoms with Crippen molar-refractivity contribution in [2.45, 2.75) is 19.9 Å². The van der Waals surface area contributed by atoms with Crippen LogP contribution < -0.4 is 16.0 Å². The molecule has 0 saturated carbocycles. The van der Waals surface area contributed by atoms with E-state index >= 15 is 0 Å². The van der Waals surface area contributed by atoms with Crippen molar-refractivity contribution in [3.8, 4) is 16.9 Å². The molecule has 9 heteroatoms. The summed E-state index contributed by atoms with van der Waals surface area (Å²) in [5.41, 5.74) is 5.07. The fourth-order valence-electron chi connectivity index (χ4n) is 4.11. The van der Waals surface area contributed by atoms with E-state index in [0.29, 0.717) is 28.3 Å². The number of amides is 3. The number of urea groups is 1. The zero-order chi connectivity index (χ0) is 25.2. The maximum absolute atomic E-state index is 13.5. The summed E-state index contributed by atoms with van der Waals surface area (Å²) in [4.78, 5) is 30.3. The highest BCUT2D eigenvalue weighted by Gasteiger charge is 2.34. The second-order valence-electron chi connectivity index (χ2n) is 8.47. The monoisotopic (exact) mass is 542 g/mol. The molecule has 2 aromatic heterocycles. The maximum Gasteiger partial charge on any atom is 0.319 e. The van der Waals surface area contributed by atoms with Gasteiger partial charge in [0.15, 0.2) is 0 Å². The van der Waals surface area contributed by atoms with Crippen LogP contribution in [0.2, 0.25) is 0 Å². The van der Waals surface area contributed by atoms with E-state index in [9.17, 15) is 9.59 Å². The summed E-state index contributed by atoms with van der Waals surface area (Å²) in [6, 6.07) is 20.1. The molecular weight excluding hydrogens is 520 g/mol. The Kier molecular flexibility index (Phi) is 6.39. The summed E-state index contributed by atoms with van der Waals surface area (Å²) < 4.78 is 2.57. The molecule has 3 heterocycles. The second-order valence-corrected chi connectivity index (χ2v) is 9.38. The predicted octanol–water partition coefficient (Wildman–Crippen LogP) is 5.27. The second kappa shape index (κ2) is 9.79. The van der Waals surface area contributed by atoms with Gasteiger partial charge < -0.3 is 16.0 Å². The molecule has 0 bridgehead atoms. The number of carbonyl (C=O) groups is 2. The van der Waals surface area contributed by atoms with Crippen molar-refractivity contribution in [3.63, 3.8) is 0 Å². The van der Waals surface area contributed by atoms with Crippen molar-refractivity contribution < 1.29 is 9.59 Å². The minimum absolute atomic E-state index is 0.373. The molecular formula is C27H23BrN6O2. The van der Waals surface area contributed by atoms with Gasteiger partial charge in [-0.05, 0) is 54.0 Å². The van der Waals surface area contributed by atoms with Gasteiger partial charge in [0, 0.05) is 33.7 Å². The van der Waals surface area contributed by atoms with Gasteiger partial charge in [-0.1, -0.05) is 48.0 Å². The van der Waals surface area contributed by atoms with Crippen LogP contribution in [0.3, 0.4) is 0 Å². The molecule has 1 unspecified atom stereocenters. The normalized spacial score (nSPS) is 15.3. The lowest BCUT2D eigenvalue weighted by Crippen LogP contribution is -2.46. The Morgan fingerprint density at radius 3 is 2.47 bits per heavy atom. The standard InChI is InChI=1S/C27H23BrN6O2/c1-16-8-10-18(11-9-16)24-21(15-34(33-24)20-6-4-3-5-7-20)25-23(17(2)30-27(36)32-25)26(35)31-22-13-12-19(28)14-29-22/h3-15,25H,1-2H3,(H,29,31,35)(H2,30,32,36). The van der Waals surface area contributed by atoms with Crippen LogP contribution in [0.1, 0.15) is 24.1 Å². The number of hydrogen-bond donors (Lipinski definition) is 3. The molecule has 36 heavy (non-hydrogen) atoms. The van der Waals surface area contributed by atoms with Crippen molar-refractivity contribution in [3.05, 3.63) is 106 Å². The summed E-state index contributed by atoms with van der Waals surface area (Å²) in [5.74, 6) is 0.0278. The number of aromatic nitrogens is 3. The van der Waals surface area contributed by atoms with Gasteiger partial charge in [-0.3, -0.25) is 4.79 Å². The van der Waals surface area contributed by atoms with Crippen LogP contribution in [-0.4, -0.2) is 26.7 Å². The average molecular weight is 543 g/mol. The Morgan fingerprint density at radius 1 is 1.03 bits per heavy atom. The number of benzene rings is 2. The van der Waals surface area contributed by atoms with Gasteiger partial charge in [-0.15, -0.1) is 0 Å². The number of carbonyl (C=O) groups excluding carboxylic acids is 2. The highest BCUT2D eigenvalue weighted by Crippen LogP contribution is 2.35. The highest BCUT2D eigenvalue weighted by atomic mass is 79.9.